The van der Waals surface area contributed by atoms with Gasteiger partial charge in [-0.1, -0.05) is 59.7 Å². The van der Waals surface area contributed by atoms with Crippen LogP contribution in [0.1, 0.15) is 22.3 Å². The van der Waals surface area contributed by atoms with Gasteiger partial charge in [0, 0.05) is 18.5 Å². The third kappa shape index (κ3) is 2.94. The second kappa shape index (κ2) is 5.41. The SMILES string of the molecule is Cc1cc(C)cc(CC2(Cc3ccccc3)CNC2)c1. The van der Waals surface area contributed by atoms with Crippen LogP contribution in [0.3, 0.4) is 0 Å². The Morgan fingerprint density at radius 1 is 0.850 bits per heavy atom. The van der Waals surface area contributed by atoms with Gasteiger partial charge in [0.2, 0.25) is 0 Å². The Balaban J connectivity index is 1.79. The molecule has 1 nitrogen and oxygen atoms in total. The summed E-state index contributed by atoms with van der Waals surface area (Å²) in [6.07, 6.45) is 2.35. The highest BCUT2D eigenvalue weighted by Gasteiger charge is 2.36. The molecule has 0 radical (unpaired) electrons. The van der Waals surface area contributed by atoms with Crippen molar-refractivity contribution in [1.82, 2.24) is 5.32 Å². The summed E-state index contributed by atoms with van der Waals surface area (Å²) < 4.78 is 0. The lowest BCUT2D eigenvalue weighted by Crippen LogP contribution is -2.56. The summed E-state index contributed by atoms with van der Waals surface area (Å²) >= 11 is 0. The van der Waals surface area contributed by atoms with Crippen LogP contribution < -0.4 is 5.32 Å². The van der Waals surface area contributed by atoms with Crippen molar-refractivity contribution in [2.45, 2.75) is 26.7 Å². The third-order valence-electron chi connectivity index (χ3n) is 4.28. The van der Waals surface area contributed by atoms with Gasteiger partial charge in [0.1, 0.15) is 0 Å². The molecule has 2 aromatic carbocycles. The number of aryl methyl sites for hydroxylation is 2. The highest BCUT2D eigenvalue weighted by Crippen LogP contribution is 2.32. The average molecular weight is 265 g/mol. The molecule has 0 spiro atoms. The van der Waals surface area contributed by atoms with Gasteiger partial charge in [-0.3, -0.25) is 0 Å². The number of benzene rings is 2. The van der Waals surface area contributed by atoms with Crippen molar-refractivity contribution < 1.29 is 0 Å². The van der Waals surface area contributed by atoms with Crippen LogP contribution in [0.2, 0.25) is 0 Å². The molecule has 0 atom stereocenters. The van der Waals surface area contributed by atoms with Crippen LogP contribution in [-0.4, -0.2) is 13.1 Å². The first-order chi connectivity index (χ1) is 9.65. The molecule has 20 heavy (non-hydrogen) atoms. The molecule has 0 saturated carbocycles. The van der Waals surface area contributed by atoms with Crippen molar-refractivity contribution in [3.05, 3.63) is 70.8 Å². The smallest absolute Gasteiger partial charge is 0.00331 e. The van der Waals surface area contributed by atoms with Crippen molar-refractivity contribution in [1.29, 1.82) is 0 Å². The molecule has 1 fully saturated rings. The molecule has 1 N–H and O–H groups in total. The molecule has 0 aromatic heterocycles. The Hall–Kier alpha value is -1.60. The van der Waals surface area contributed by atoms with Gasteiger partial charge in [-0.25, -0.2) is 0 Å². The van der Waals surface area contributed by atoms with E-state index >= 15 is 0 Å². The lowest BCUT2D eigenvalue weighted by Gasteiger charge is -2.43. The predicted octanol–water partition coefficient (Wildman–Crippen LogP) is 3.68. The van der Waals surface area contributed by atoms with E-state index in [1.165, 1.54) is 35.1 Å². The number of nitrogens with one attached hydrogen (secondary N) is 1. The zero-order chi connectivity index (χ0) is 14.0. The van der Waals surface area contributed by atoms with E-state index in [2.05, 4.69) is 67.7 Å². The van der Waals surface area contributed by atoms with Gasteiger partial charge in [-0.2, -0.15) is 0 Å². The number of rotatable bonds is 4. The van der Waals surface area contributed by atoms with E-state index in [1.54, 1.807) is 0 Å². The number of hydrogen-bond donors (Lipinski definition) is 1. The largest absolute Gasteiger partial charge is 0.315 e. The molecule has 1 heterocycles. The van der Waals surface area contributed by atoms with Crippen molar-refractivity contribution >= 4 is 0 Å². The lowest BCUT2D eigenvalue weighted by atomic mass is 9.72. The van der Waals surface area contributed by atoms with Crippen LogP contribution in [0.5, 0.6) is 0 Å². The van der Waals surface area contributed by atoms with Gasteiger partial charge in [-0.15, -0.1) is 0 Å². The lowest BCUT2D eigenvalue weighted by molar-refractivity contribution is 0.166. The minimum Gasteiger partial charge on any atom is -0.315 e. The summed E-state index contributed by atoms with van der Waals surface area (Å²) in [5, 5.41) is 3.47. The molecular formula is C19H23N. The molecule has 0 unspecified atom stereocenters. The van der Waals surface area contributed by atoms with E-state index in [1.807, 2.05) is 0 Å². The van der Waals surface area contributed by atoms with Crippen LogP contribution in [0.15, 0.2) is 48.5 Å². The van der Waals surface area contributed by atoms with Crippen molar-refractivity contribution in [3.8, 4) is 0 Å². The molecule has 1 aliphatic rings. The van der Waals surface area contributed by atoms with Crippen LogP contribution in [0, 0.1) is 19.3 Å². The van der Waals surface area contributed by atoms with Gasteiger partial charge in [0.15, 0.2) is 0 Å². The maximum Gasteiger partial charge on any atom is 0.00331 e. The van der Waals surface area contributed by atoms with E-state index in [0.717, 1.165) is 13.1 Å². The molecule has 1 heteroatoms. The Kier molecular flexibility index (Phi) is 3.62. The van der Waals surface area contributed by atoms with Gasteiger partial charge in [0.25, 0.3) is 0 Å². The minimum atomic E-state index is 0.404. The molecule has 1 aliphatic heterocycles. The first-order valence-electron chi connectivity index (χ1n) is 7.47. The highest BCUT2D eigenvalue weighted by atomic mass is 15.0. The van der Waals surface area contributed by atoms with Crippen LogP contribution in [-0.2, 0) is 12.8 Å². The maximum absolute atomic E-state index is 3.47. The van der Waals surface area contributed by atoms with E-state index in [-0.39, 0.29) is 0 Å². The standard InChI is InChI=1S/C19H23N/c1-15-8-16(2)10-18(9-15)12-19(13-20-14-19)11-17-6-4-3-5-7-17/h3-10,20H,11-14H2,1-2H3. The normalized spacial score (nSPS) is 16.7. The number of hydrogen-bond acceptors (Lipinski definition) is 1. The van der Waals surface area contributed by atoms with Gasteiger partial charge in [-0.05, 0) is 37.8 Å². The fourth-order valence-electron chi connectivity index (χ4n) is 3.42. The molecular weight excluding hydrogens is 242 g/mol. The fourth-order valence-corrected chi connectivity index (χ4v) is 3.42. The zero-order valence-electron chi connectivity index (χ0n) is 12.4. The van der Waals surface area contributed by atoms with Crippen molar-refractivity contribution in [2.24, 2.45) is 5.41 Å². The Labute approximate surface area is 122 Å². The second-order valence-electron chi connectivity index (χ2n) is 6.44. The fraction of sp³-hybridized carbons (Fsp3) is 0.368. The van der Waals surface area contributed by atoms with Crippen LogP contribution in [0.4, 0.5) is 0 Å². The van der Waals surface area contributed by atoms with E-state index in [4.69, 9.17) is 0 Å². The van der Waals surface area contributed by atoms with Gasteiger partial charge >= 0.3 is 0 Å². The van der Waals surface area contributed by atoms with Gasteiger partial charge in [0.05, 0.1) is 0 Å². The Morgan fingerprint density at radius 2 is 1.45 bits per heavy atom. The predicted molar refractivity (Wildman–Crippen MR) is 85.1 cm³/mol. The Morgan fingerprint density at radius 3 is 2.00 bits per heavy atom. The van der Waals surface area contributed by atoms with Gasteiger partial charge < -0.3 is 5.32 Å². The summed E-state index contributed by atoms with van der Waals surface area (Å²) in [7, 11) is 0. The Bertz CT molecular complexity index is 562. The molecule has 3 rings (SSSR count). The second-order valence-corrected chi connectivity index (χ2v) is 6.44. The quantitative estimate of drug-likeness (QED) is 0.889. The molecule has 0 bridgehead atoms. The topological polar surface area (TPSA) is 12.0 Å². The van der Waals surface area contributed by atoms with E-state index in [0.29, 0.717) is 5.41 Å². The zero-order valence-corrected chi connectivity index (χ0v) is 12.4. The molecule has 2 aromatic rings. The van der Waals surface area contributed by atoms with Crippen LogP contribution >= 0.6 is 0 Å². The molecule has 0 aliphatic carbocycles. The monoisotopic (exact) mass is 265 g/mol. The van der Waals surface area contributed by atoms with Crippen LogP contribution in [0.25, 0.3) is 0 Å². The summed E-state index contributed by atoms with van der Waals surface area (Å²) in [6, 6.07) is 17.8. The third-order valence-corrected chi connectivity index (χ3v) is 4.28. The molecule has 0 amide bonds. The molecule has 104 valence electrons. The minimum absolute atomic E-state index is 0.404. The average Bonchev–Trinajstić information content (AvgIpc) is 2.36. The summed E-state index contributed by atoms with van der Waals surface area (Å²) in [6.45, 7) is 6.66. The van der Waals surface area contributed by atoms with Crippen molar-refractivity contribution in [2.75, 3.05) is 13.1 Å². The summed E-state index contributed by atoms with van der Waals surface area (Å²) in [5.74, 6) is 0. The van der Waals surface area contributed by atoms with E-state index in [9.17, 15) is 0 Å². The summed E-state index contributed by atoms with van der Waals surface area (Å²) in [5.41, 5.74) is 6.10. The maximum atomic E-state index is 3.47. The first-order valence-corrected chi connectivity index (χ1v) is 7.47. The van der Waals surface area contributed by atoms with E-state index < -0.39 is 0 Å². The highest BCUT2D eigenvalue weighted by molar-refractivity contribution is 5.30. The van der Waals surface area contributed by atoms with Crippen molar-refractivity contribution in [3.63, 3.8) is 0 Å². The molecule has 1 saturated heterocycles. The first kappa shape index (κ1) is 13.4. The summed E-state index contributed by atoms with van der Waals surface area (Å²) in [4.78, 5) is 0.